The van der Waals surface area contributed by atoms with Gasteiger partial charge in [-0.15, -0.1) is 0 Å². The summed E-state index contributed by atoms with van der Waals surface area (Å²) in [5, 5.41) is 13.5. The van der Waals surface area contributed by atoms with Gasteiger partial charge in [0.25, 0.3) is 0 Å². The van der Waals surface area contributed by atoms with Crippen molar-refractivity contribution in [1.29, 1.82) is 0 Å². The molecule has 3 aromatic rings. The van der Waals surface area contributed by atoms with Crippen molar-refractivity contribution in [3.63, 3.8) is 0 Å². The molecule has 2 fully saturated rings. The van der Waals surface area contributed by atoms with E-state index in [-0.39, 0.29) is 28.6 Å². The number of pyridine rings is 2. The van der Waals surface area contributed by atoms with Crippen molar-refractivity contribution in [3.8, 4) is 0 Å². The molecular weight excluding hydrogens is 435 g/mol. The van der Waals surface area contributed by atoms with Crippen molar-refractivity contribution >= 4 is 22.4 Å². The lowest BCUT2D eigenvalue weighted by atomic mass is 9.80. The maximum absolute atomic E-state index is 13.5. The van der Waals surface area contributed by atoms with E-state index in [0.717, 1.165) is 47.0 Å². The topological polar surface area (TPSA) is 87.5 Å². The molecule has 0 radical (unpaired) electrons. The van der Waals surface area contributed by atoms with E-state index in [1.165, 1.54) is 18.3 Å². The highest BCUT2D eigenvalue weighted by molar-refractivity contribution is 5.95. The summed E-state index contributed by atoms with van der Waals surface area (Å²) in [6.07, 6.45) is 7.72. The molecule has 174 valence electrons. The number of carbonyl (C=O) groups excluding carboxylic acids is 1. The van der Waals surface area contributed by atoms with Gasteiger partial charge in [0.2, 0.25) is 5.91 Å². The maximum Gasteiger partial charge on any atom is 0.309 e. The van der Waals surface area contributed by atoms with E-state index in [4.69, 9.17) is 0 Å². The largest absolute Gasteiger partial charge is 0.425 e. The van der Waals surface area contributed by atoms with Crippen molar-refractivity contribution in [2.24, 2.45) is 5.41 Å². The predicted molar refractivity (Wildman–Crippen MR) is 125 cm³/mol. The van der Waals surface area contributed by atoms with Crippen LogP contribution in [0, 0.1) is 11.2 Å². The van der Waals surface area contributed by atoms with Crippen LogP contribution in [0.3, 0.4) is 0 Å². The van der Waals surface area contributed by atoms with Gasteiger partial charge in [-0.2, -0.15) is 4.73 Å². The van der Waals surface area contributed by atoms with E-state index in [9.17, 15) is 19.2 Å². The Morgan fingerprint density at radius 2 is 2.00 bits per heavy atom. The monoisotopic (exact) mass is 460 g/mol. The minimum Gasteiger partial charge on any atom is -0.425 e. The Morgan fingerprint density at radius 3 is 2.82 bits per heavy atom. The Kier molecular flexibility index (Phi) is 4.81. The summed E-state index contributed by atoms with van der Waals surface area (Å²) >= 11 is 0. The molecule has 2 atom stereocenters. The number of benzene rings is 1. The molecule has 34 heavy (non-hydrogen) atoms. The van der Waals surface area contributed by atoms with Gasteiger partial charge in [0.1, 0.15) is 11.3 Å². The van der Waals surface area contributed by atoms with Crippen LogP contribution in [0.1, 0.15) is 35.4 Å². The molecule has 2 unspecified atom stereocenters. The number of fused-ring (bicyclic) bond motifs is 5. The van der Waals surface area contributed by atoms with E-state index in [2.05, 4.69) is 21.3 Å². The lowest BCUT2D eigenvalue weighted by Gasteiger charge is -2.29. The van der Waals surface area contributed by atoms with Gasteiger partial charge >= 0.3 is 5.56 Å². The summed E-state index contributed by atoms with van der Waals surface area (Å²) in [5.41, 5.74) is 3.97. The molecular formula is C26H25FN4O3. The Bertz CT molecular complexity index is 1400. The van der Waals surface area contributed by atoms with Gasteiger partial charge in [-0.05, 0) is 59.2 Å². The van der Waals surface area contributed by atoms with Crippen molar-refractivity contribution in [2.45, 2.75) is 25.2 Å². The number of hydrogen-bond acceptors (Lipinski definition) is 5. The molecule has 1 amide bonds. The second kappa shape index (κ2) is 7.77. The van der Waals surface area contributed by atoms with E-state index < -0.39 is 5.56 Å². The van der Waals surface area contributed by atoms with E-state index >= 15 is 0 Å². The van der Waals surface area contributed by atoms with Crippen LogP contribution >= 0.6 is 0 Å². The van der Waals surface area contributed by atoms with Crippen LogP contribution in [0.5, 0.6) is 0 Å². The van der Waals surface area contributed by atoms with Crippen LogP contribution in [0.25, 0.3) is 16.5 Å². The fourth-order valence-electron chi connectivity index (χ4n) is 5.70. The summed E-state index contributed by atoms with van der Waals surface area (Å²) in [6.45, 7) is 2.68. The number of halogens is 1. The van der Waals surface area contributed by atoms with Crippen molar-refractivity contribution in [1.82, 2.24) is 19.9 Å². The summed E-state index contributed by atoms with van der Waals surface area (Å²) in [7, 11) is 0. The number of amides is 1. The minimum atomic E-state index is -0.539. The Balaban J connectivity index is 1.44. The zero-order chi connectivity index (χ0) is 23.4. The zero-order valence-corrected chi connectivity index (χ0v) is 18.6. The number of nitrogens with zero attached hydrogens (tertiary/aromatic N) is 3. The standard InChI is InChI=1S/C26H25FN4O3/c27-18-3-1-16(2-4-18)11-26-12-17(15-30-8-6-22(32)28-7-10-30)23-19-5-9-31(34)25(33)24(19)29-14-20(23)21(26)13-26/h1-5,9,12,14,21,34H,6-8,10-11,13,15H2,(H,28,32). The van der Waals surface area contributed by atoms with Crippen LogP contribution in [-0.2, 0) is 11.2 Å². The van der Waals surface area contributed by atoms with Crippen molar-refractivity contribution in [2.75, 3.05) is 26.2 Å². The summed E-state index contributed by atoms with van der Waals surface area (Å²) in [6, 6.07) is 8.44. The molecule has 1 aliphatic heterocycles. The van der Waals surface area contributed by atoms with Gasteiger partial charge in [0, 0.05) is 55.8 Å². The highest BCUT2D eigenvalue weighted by atomic mass is 19.1. The fraction of sp³-hybridized carbons (Fsp3) is 0.346. The molecule has 0 bridgehead atoms. The number of carbonyl (C=O) groups is 1. The molecule has 2 aromatic heterocycles. The van der Waals surface area contributed by atoms with E-state index in [1.54, 1.807) is 12.3 Å². The molecule has 1 saturated heterocycles. The molecule has 3 aliphatic rings. The Hall–Kier alpha value is -3.52. The highest BCUT2D eigenvalue weighted by Gasteiger charge is 2.56. The molecule has 1 saturated carbocycles. The van der Waals surface area contributed by atoms with Crippen LogP contribution < -0.4 is 10.9 Å². The molecule has 1 aromatic carbocycles. The first-order chi connectivity index (χ1) is 16.4. The van der Waals surface area contributed by atoms with Crippen molar-refractivity contribution in [3.05, 3.63) is 81.7 Å². The van der Waals surface area contributed by atoms with Crippen LogP contribution in [0.15, 0.2) is 53.6 Å². The van der Waals surface area contributed by atoms with E-state index in [0.29, 0.717) is 30.8 Å². The molecule has 0 spiro atoms. The average Bonchev–Trinajstić information content (AvgIpc) is 3.58. The number of aromatic nitrogens is 2. The lowest BCUT2D eigenvalue weighted by Crippen LogP contribution is -2.31. The smallest absolute Gasteiger partial charge is 0.309 e. The van der Waals surface area contributed by atoms with Gasteiger partial charge in [0.15, 0.2) is 0 Å². The number of allylic oxidation sites excluding steroid dienone is 1. The minimum absolute atomic E-state index is 0.0636. The first kappa shape index (κ1) is 21.0. The average molecular weight is 461 g/mol. The van der Waals surface area contributed by atoms with Crippen LogP contribution in [0.4, 0.5) is 4.39 Å². The predicted octanol–water partition coefficient (Wildman–Crippen LogP) is 2.71. The number of nitrogens with one attached hydrogen (secondary N) is 1. The third-order valence-corrected chi connectivity index (χ3v) is 7.46. The molecule has 2 aliphatic carbocycles. The van der Waals surface area contributed by atoms with Gasteiger partial charge in [0.05, 0.1) is 0 Å². The number of rotatable bonds is 4. The lowest BCUT2D eigenvalue weighted by molar-refractivity contribution is -0.120. The Morgan fingerprint density at radius 1 is 1.18 bits per heavy atom. The SMILES string of the molecule is O=C1CCN(CC2=CC3(Cc4ccc(F)cc4)CC3c3cnc4c(=O)n(O)ccc4c32)CCN1. The molecule has 3 heterocycles. The zero-order valence-electron chi connectivity index (χ0n) is 18.6. The maximum atomic E-state index is 13.5. The van der Waals surface area contributed by atoms with E-state index in [1.807, 2.05) is 12.1 Å². The van der Waals surface area contributed by atoms with Gasteiger partial charge in [-0.3, -0.25) is 14.5 Å². The third-order valence-electron chi connectivity index (χ3n) is 7.46. The van der Waals surface area contributed by atoms with Crippen LogP contribution in [-0.4, -0.2) is 51.9 Å². The second-order valence-corrected chi connectivity index (χ2v) is 9.66. The first-order valence-corrected chi connectivity index (χ1v) is 11.6. The quantitative estimate of drug-likeness (QED) is 0.585. The fourth-order valence-corrected chi connectivity index (χ4v) is 5.70. The Labute approximate surface area is 195 Å². The molecule has 7 nitrogen and oxygen atoms in total. The van der Waals surface area contributed by atoms with Crippen molar-refractivity contribution < 1.29 is 14.4 Å². The van der Waals surface area contributed by atoms with Gasteiger partial charge < -0.3 is 10.5 Å². The first-order valence-electron chi connectivity index (χ1n) is 11.6. The molecule has 6 rings (SSSR count). The number of hydrogen-bond donors (Lipinski definition) is 2. The molecule has 2 N–H and O–H groups in total. The summed E-state index contributed by atoms with van der Waals surface area (Å²) < 4.78 is 14.0. The highest BCUT2D eigenvalue weighted by Crippen LogP contribution is 2.66. The van der Waals surface area contributed by atoms with Crippen LogP contribution in [0.2, 0.25) is 0 Å². The second-order valence-electron chi connectivity index (χ2n) is 9.66. The normalized spacial score (nSPS) is 24.1. The summed E-state index contributed by atoms with van der Waals surface area (Å²) in [5.74, 6) is 0.0965. The van der Waals surface area contributed by atoms with Gasteiger partial charge in [-0.1, -0.05) is 18.2 Å². The molecule has 8 heteroatoms. The summed E-state index contributed by atoms with van der Waals surface area (Å²) in [4.78, 5) is 31.1. The van der Waals surface area contributed by atoms with Gasteiger partial charge in [-0.25, -0.2) is 9.37 Å². The third kappa shape index (κ3) is 3.49.